The first-order chi connectivity index (χ1) is 8.66. The highest BCUT2D eigenvalue weighted by molar-refractivity contribution is 5.46. The van der Waals surface area contributed by atoms with Crippen molar-refractivity contribution in [1.82, 2.24) is 5.32 Å². The SMILES string of the molecule is CC(F)c1ccc(NCC2CCCNC2)c(F)c1. The Morgan fingerprint density at radius 1 is 1.50 bits per heavy atom. The molecule has 1 aliphatic heterocycles. The summed E-state index contributed by atoms with van der Waals surface area (Å²) in [5.74, 6) is 0.165. The molecule has 1 heterocycles. The smallest absolute Gasteiger partial charge is 0.146 e. The van der Waals surface area contributed by atoms with E-state index in [0.29, 0.717) is 17.2 Å². The summed E-state index contributed by atoms with van der Waals surface area (Å²) in [6.07, 6.45) is 1.21. The summed E-state index contributed by atoms with van der Waals surface area (Å²) in [6, 6.07) is 4.53. The summed E-state index contributed by atoms with van der Waals surface area (Å²) >= 11 is 0. The fraction of sp³-hybridized carbons (Fsp3) is 0.571. The Hall–Kier alpha value is -1.16. The van der Waals surface area contributed by atoms with Crippen LogP contribution in [-0.2, 0) is 0 Å². The van der Waals surface area contributed by atoms with Crippen LogP contribution in [0, 0.1) is 11.7 Å². The van der Waals surface area contributed by atoms with Crippen LogP contribution in [0.25, 0.3) is 0 Å². The van der Waals surface area contributed by atoms with Gasteiger partial charge in [-0.05, 0) is 56.5 Å². The molecule has 100 valence electrons. The zero-order valence-electron chi connectivity index (χ0n) is 10.7. The van der Waals surface area contributed by atoms with Crippen LogP contribution in [0.4, 0.5) is 14.5 Å². The molecular formula is C14H20F2N2. The maximum Gasteiger partial charge on any atom is 0.146 e. The second kappa shape index (κ2) is 6.14. The van der Waals surface area contributed by atoms with Gasteiger partial charge in [-0.25, -0.2) is 8.78 Å². The van der Waals surface area contributed by atoms with E-state index in [4.69, 9.17) is 0 Å². The van der Waals surface area contributed by atoms with Gasteiger partial charge in [0.15, 0.2) is 0 Å². The summed E-state index contributed by atoms with van der Waals surface area (Å²) in [4.78, 5) is 0. The van der Waals surface area contributed by atoms with Gasteiger partial charge in [0.05, 0.1) is 5.69 Å². The summed E-state index contributed by atoms with van der Waals surface area (Å²) in [7, 11) is 0. The Bertz CT molecular complexity index is 387. The minimum atomic E-state index is -1.13. The molecule has 2 atom stereocenters. The number of anilines is 1. The third kappa shape index (κ3) is 3.42. The van der Waals surface area contributed by atoms with Gasteiger partial charge in [-0.15, -0.1) is 0 Å². The van der Waals surface area contributed by atoms with Gasteiger partial charge in [-0.3, -0.25) is 0 Å². The first-order valence-corrected chi connectivity index (χ1v) is 6.55. The number of benzene rings is 1. The minimum absolute atomic E-state index is 0.374. The van der Waals surface area contributed by atoms with Gasteiger partial charge in [0.1, 0.15) is 12.0 Å². The van der Waals surface area contributed by atoms with E-state index in [1.54, 1.807) is 12.1 Å². The van der Waals surface area contributed by atoms with Gasteiger partial charge in [0.2, 0.25) is 0 Å². The molecule has 1 fully saturated rings. The number of hydrogen-bond donors (Lipinski definition) is 2. The molecule has 2 unspecified atom stereocenters. The molecule has 0 bridgehead atoms. The van der Waals surface area contributed by atoms with Crippen LogP contribution in [0.15, 0.2) is 18.2 Å². The molecule has 18 heavy (non-hydrogen) atoms. The molecule has 0 radical (unpaired) electrons. The summed E-state index contributed by atoms with van der Waals surface area (Å²) in [6.45, 7) is 4.23. The van der Waals surface area contributed by atoms with Gasteiger partial charge < -0.3 is 10.6 Å². The highest BCUT2D eigenvalue weighted by atomic mass is 19.1. The molecule has 1 aliphatic rings. The average molecular weight is 254 g/mol. The third-order valence-corrected chi connectivity index (χ3v) is 3.43. The molecule has 0 spiro atoms. The summed E-state index contributed by atoms with van der Waals surface area (Å²) in [5.41, 5.74) is 0.849. The van der Waals surface area contributed by atoms with E-state index in [-0.39, 0.29) is 5.82 Å². The largest absolute Gasteiger partial charge is 0.382 e. The van der Waals surface area contributed by atoms with Crippen LogP contribution >= 0.6 is 0 Å². The first-order valence-electron chi connectivity index (χ1n) is 6.55. The van der Waals surface area contributed by atoms with Gasteiger partial charge in [-0.1, -0.05) is 6.07 Å². The number of nitrogens with one attached hydrogen (secondary N) is 2. The van der Waals surface area contributed by atoms with Crippen molar-refractivity contribution in [3.05, 3.63) is 29.6 Å². The second-order valence-electron chi connectivity index (χ2n) is 4.95. The summed E-state index contributed by atoms with van der Waals surface area (Å²) < 4.78 is 26.7. The van der Waals surface area contributed by atoms with Crippen molar-refractivity contribution in [3.63, 3.8) is 0 Å². The van der Waals surface area contributed by atoms with E-state index in [1.165, 1.54) is 25.8 Å². The lowest BCUT2D eigenvalue weighted by Crippen LogP contribution is -2.33. The van der Waals surface area contributed by atoms with Crippen molar-refractivity contribution in [2.75, 3.05) is 25.0 Å². The number of halogens is 2. The highest BCUT2D eigenvalue weighted by Crippen LogP contribution is 2.22. The highest BCUT2D eigenvalue weighted by Gasteiger charge is 2.14. The molecule has 1 aromatic carbocycles. The van der Waals surface area contributed by atoms with Gasteiger partial charge >= 0.3 is 0 Å². The molecule has 0 amide bonds. The Morgan fingerprint density at radius 2 is 2.33 bits per heavy atom. The Morgan fingerprint density at radius 3 is 2.94 bits per heavy atom. The molecule has 1 aromatic rings. The van der Waals surface area contributed by atoms with Crippen molar-refractivity contribution in [1.29, 1.82) is 0 Å². The molecule has 0 aromatic heterocycles. The Kier molecular flexibility index (Phi) is 4.53. The Balaban J connectivity index is 1.92. The molecule has 2 N–H and O–H groups in total. The van der Waals surface area contributed by atoms with E-state index >= 15 is 0 Å². The van der Waals surface area contributed by atoms with E-state index < -0.39 is 6.17 Å². The average Bonchev–Trinajstić information content (AvgIpc) is 2.38. The molecule has 0 saturated carbocycles. The maximum atomic E-state index is 13.7. The predicted molar refractivity (Wildman–Crippen MR) is 70.0 cm³/mol. The quantitative estimate of drug-likeness (QED) is 0.861. The first kappa shape index (κ1) is 13.3. The second-order valence-corrected chi connectivity index (χ2v) is 4.95. The van der Waals surface area contributed by atoms with Gasteiger partial charge in [0, 0.05) is 6.54 Å². The van der Waals surface area contributed by atoms with Crippen LogP contribution in [0.5, 0.6) is 0 Å². The van der Waals surface area contributed by atoms with Crippen LogP contribution in [0.3, 0.4) is 0 Å². The molecule has 4 heteroatoms. The van der Waals surface area contributed by atoms with Crippen molar-refractivity contribution < 1.29 is 8.78 Å². The fourth-order valence-electron chi connectivity index (χ4n) is 2.27. The zero-order chi connectivity index (χ0) is 13.0. The number of piperidine rings is 1. The van der Waals surface area contributed by atoms with Crippen LogP contribution < -0.4 is 10.6 Å². The number of alkyl halides is 1. The van der Waals surface area contributed by atoms with Crippen LogP contribution in [0.2, 0.25) is 0 Å². The van der Waals surface area contributed by atoms with E-state index in [1.807, 2.05) is 0 Å². The molecular weight excluding hydrogens is 234 g/mol. The molecule has 1 saturated heterocycles. The predicted octanol–water partition coefficient (Wildman–Crippen LogP) is 3.27. The summed E-state index contributed by atoms with van der Waals surface area (Å²) in [5, 5.41) is 6.44. The van der Waals surface area contributed by atoms with Crippen molar-refractivity contribution in [2.24, 2.45) is 5.92 Å². The topological polar surface area (TPSA) is 24.1 Å². The van der Waals surface area contributed by atoms with Crippen LogP contribution in [0.1, 0.15) is 31.5 Å². The number of rotatable bonds is 4. The Labute approximate surface area is 107 Å². The molecule has 2 rings (SSSR count). The monoisotopic (exact) mass is 254 g/mol. The molecule has 2 nitrogen and oxygen atoms in total. The standard InChI is InChI=1S/C14H20F2N2/c1-10(15)12-4-5-14(13(16)7-12)18-9-11-3-2-6-17-8-11/h4-5,7,10-11,17-18H,2-3,6,8-9H2,1H3. The van der Waals surface area contributed by atoms with E-state index in [0.717, 1.165) is 19.6 Å². The number of hydrogen-bond acceptors (Lipinski definition) is 2. The zero-order valence-corrected chi connectivity index (χ0v) is 10.7. The fourth-order valence-corrected chi connectivity index (χ4v) is 2.27. The third-order valence-electron chi connectivity index (χ3n) is 3.43. The van der Waals surface area contributed by atoms with E-state index in [9.17, 15) is 8.78 Å². The van der Waals surface area contributed by atoms with E-state index in [2.05, 4.69) is 10.6 Å². The lowest BCUT2D eigenvalue weighted by molar-refractivity contribution is 0.372. The maximum absolute atomic E-state index is 13.7. The van der Waals surface area contributed by atoms with Crippen molar-refractivity contribution in [3.8, 4) is 0 Å². The lowest BCUT2D eigenvalue weighted by atomic mass is 9.99. The normalized spacial score (nSPS) is 21.6. The van der Waals surface area contributed by atoms with Gasteiger partial charge in [0.25, 0.3) is 0 Å². The van der Waals surface area contributed by atoms with Crippen molar-refractivity contribution in [2.45, 2.75) is 25.9 Å². The molecule has 0 aliphatic carbocycles. The lowest BCUT2D eigenvalue weighted by Gasteiger charge is -2.23. The van der Waals surface area contributed by atoms with Gasteiger partial charge in [-0.2, -0.15) is 0 Å². The van der Waals surface area contributed by atoms with Crippen LogP contribution in [-0.4, -0.2) is 19.6 Å². The van der Waals surface area contributed by atoms with Crippen molar-refractivity contribution >= 4 is 5.69 Å². The minimum Gasteiger partial charge on any atom is -0.382 e.